The van der Waals surface area contributed by atoms with E-state index in [4.69, 9.17) is 0 Å². The monoisotopic (exact) mass is 216 g/mol. The molecule has 0 spiro atoms. The van der Waals surface area contributed by atoms with Gasteiger partial charge in [-0.3, -0.25) is 9.11 Å². The van der Waals surface area contributed by atoms with Gasteiger partial charge in [0.25, 0.3) is 0 Å². The molecule has 0 bridgehead atoms. The third kappa shape index (κ3) is 2.55. The van der Waals surface area contributed by atoms with Gasteiger partial charge in [-0.15, -0.1) is 0 Å². The number of hydrogen-bond donors (Lipinski definition) is 1. The van der Waals surface area contributed by atoms with Crippen molar-refractivity contribution in [3.05, 3.63) is 0 Å². The van der Waals surface area contributed by atoms with Gasteiger partial charge < -0.3 is 5.32 Å². The molecule has 0 aromatic heterocycles. The summed E-state index contributed by atoms with van der Waals surface area (Å²) >= 11 is 0. The van der Waals surface area contributed by atoms with Gasteiger partial charge in [0.2, 0.25) is 0 Å². The van der Waals surface area contributed by atoms with Gasteiger partial charge in [0.1, 0.15) is 0 Å². The summed E-state index contributed by atoms with van der Waals surface area (Å²) in [5.41, 5.74) is 0. The van der Waals surface area contributed by atoms with E-state index < -0.39 is 10.8 Å². The molecule has 0 amide bonds. The summed E-state index contributed by atoms with van der Waals surface area (Å²) < 4.78 is 11.4. The van der Waals surface area contributed by atoms with Gasteiger partial charge in [0.15, 0.2) is 0 Å². The molecule has 2 aliphatic heterocycles. The first kappa shape index (κ1) is 10.6. The molecule has 2 fully saturated rings. The first-order chi connectivity index (χ1) is 6.75. The van der Waals surface area contributed by atoms with Crippen LogP contribution in [0.3, 0.4) is 0 Å². The molecule has 0 radical (unpaired) electrons. The predicted molar refractivity (Wildman–Crippen MR) is 59.9 cm³/mol. The SMILES string of the molecule is CC1CN(C[C@@H]2CCCN2)CCS1=O. The molecule has 0 aromatic rings. The lowest BCUT2D eigenvalue weighted by Gasteiger charge is -2.32. The largest absolute Gasteiger partial charge is 0.313 e. The number of nitrogens with zero attached hydrogens (tertiary/aromatic N) is 1. The topological polar surface area (TPSA) is 32.3 Å². The number of rotatable bonds is 2. The Morgan fingerprint density at radius 3 is 3.07 bits per heavy atom. The van der Waals surface area contributed by atoms with Crippen molar-refractivity contribution < 1.29 is 4.21 Å². The zero-order valence-corrected chi connectivity index (χ0v) is 9.68. The molecule has 14 heavy (non-hydrogen) atoms. The highest BCUT2D eigenvalue weighted by atomic mass is 32.2. The van der Waals surface area contributed by atoms with E-state index in [-0.39, 0.29) is 0 Å². The van der Waals surface area contributed by atoms with Crippen molar-refractivity contribution in [1.29, 1.82) is 0 Å². The number of hydrogen-bond acceptors (Lipinski definition) is 3. The molecule has 2 saturated heterocycles. The molecule has 0 saturated carbocycles. The van der Waals surface area contributed by atoms with E-state index in [9.17, 15) is 4.21 Å². The molecule has 2 heterocycles. The van der Waals surface area contributed by atoms with Crippen LogP contribution in [-0.2, 0) is 10.8 Å². The maximum atomic E-state index is 11.4. The molecule has 2 unspecified atom stereocenters. The molecule has 82 valence electrons. The van der Waals surface area contributed by atoms with E-state index >= 15 is 0 Å². The van der Waals surface area contributed by atoms with Crippen LogP contribution in [0.1, 0.15) is 19.8 Å². The quantitative estimate of drug-likeness (QED) is 0.715. The second-order valence-electron chi connectivity index (χ2n) is 4.45. The summed E-state index contributed by atoms with van der Waals surface area (Å²) in [5.74, 6) is 0.869. The van der Waals surface area contributed by atoms with Crippen molar-refractivity contribution >= 4 is 10.8 Å². The van der Waals surface area contributed by atoms with Crippen LogP contribution < -0.4 is 5.32 Å². The Kier molecular flexibility index (Phi) is 3.57. The van der Waals surface area contributed by atoms with E-state index in [1.807, 2.05) is 0 Å². The highest BCUT2D eigenvalue weighted by Crippen LogP contribution is 2.12. The maximum Gasteiger partial charge on any atom is 0.0447 e. The third-order valence-corrected chi connectivity index (χ3v) is 4.85. The Bertz CT molecular complexity index is 216. The van der Waals surface area contributed by atoms with Crippen LogP contribution >= 0.6 is 0 Å². The van der Waals surface area contributed by atoms with Gasteiger partial charge in [0.05, 0.1) is 0 Å². The van der Waals surface area contributed by atoms with Crippen LogP contribution in [0.4, 0.5) is 0 Å². The van der Waals surface area contributed by atoms with Crippen molar-refractivity contribution in [2.45, 2.75) is 31.1 Å². The maximum absolute atomic E-state index is 11.4. The Morgan fingerprint density at radius 1 is 1.57 bits per heavy atom. The van der Waals surface area contributed by atoms with Gasteiger partial charge in [0, 0.05) is 47.5 Å². The summed E-state index contributed by atoms with van der Waals surface area (Å²) in [4.78, 5) is 2.47. The minimum atomic E-state index is -0.571. The normalized spacial score (nSPS) is 40.2. The molecular formula is C10H20N2OS. The van der Waals surface area contributed by atoms with Crippen molar-refractivity contribution in [1.82, 2.24) is 10.2 Å². The van der Waals surface area contributed by atoms with E-state index in [0.717, 1.165) is 25.4 Å². The van der Waals surface area contributed by atoms with Gasteiger partial charge in [-0.25, -0.2) is 0 Å². The van der Waals surface area contributed by atoms with Gasteiger partial charge in [-0.05, 0) is 26.3 Å². The smallest absolute Gasteiger partial charge is 0.0447 e. The fourth-order valence-electron chi connectivity index (χ4n) is 2.35. The van der Waals surface area contributed by atoms with Crippen molar-refractivity contribution in [2.75, 3.05) is 31.9 Å². The minimum Gasteiger partial charge on any atom is -0.313 e. The van der Waals surface area contributed by atoms with E-state index in [0.29, 0.717) is 11.3 Å². The molecule has 3 nitrogen and oxygen atoms in total. The van der Waals surface area contributed by atoms with Crippen LogP contribution in [0.2, 0.25) is 0 Å². The van der Waals surface area contributed by atoms with Gasteiger partial charge in [-0.2, -0.15) is 0 Å². The highest BCUT2D eigenvalue weighted by Gasteiger charge is 2.25. The second kappa shape index (κ2) is 4.73. The molecule has 3 atom stereocenters. The Labute approximate surface area is 88.7 Å². The summed E-state index contributed by atoms with van der Waals surface area (Å²) in [6.07, 6.45) is 2.63. The van der Waals surface area contributed by atoms with Crippen LogP contribution in [0, 0.1) is 0 Å². The van der Waals surface area contributed by atoms with Crippen LogP contribution in [0.25, 0.3) is 0 Å². The lowest BCUT2D eigenvalue weighted by Crippen LogP contribution is -2.47. The average Bonchev–Trinajstić information content (AvgIpc) is 2.64. The fraction of sp³-hybridized carbons (Fsp3) is 1.00. The van der Waals surface area contributed by atoms with Gasteiger partial charge >= 0.3 is 0 Å². The summed E-state index contributed by atoms with van der Waals surface area (Å²) in [6.45, 7) is 6.48. The Morgan fingerprint density at radius 2 is 2.43 bits per heavy atom. The zero-order chi connectivity index (χ0) is 9.97. The molecule has 4 heteroatoms. The van der Waals surface area contributed by atoms with Crippen LogP contribution in [-0.4, -0.2) is 52.3 Å². The summed E-state index contributed by atoms with van der Waals surface area (Å²) in [5, 5.41) is 3.88. The second-order valence-corrected chi connectivity index (χ2v) is 6.42. The standard InChI is InChI=1S/C10H20N2OS/c1-9-7-12(5-6-14(9)13)8-10-3-2-4-11-10/h9-11H,2-8H2,1H3/t9?,10-,14?/m0/s1. The van der Waals surface area contributed by atoms with E-state index in [1.54, 1.807) is 0 Å². The van der Waals surface area contributed by atoms with Gasteiger partial charge in [-0.1, -0.05) is 0 Å². The van der Waals surface area contributed by atoms with E-state index in [2.05, 4.69) is 17.1 Å². The van der Waals surface area contributed by atoms with Crippen molar-refractivity contribution in [3.63, 3.8) is 0 Å². The summed E-state index contributed by atoms with van der Waals surface area (Å²) in [6, 6.07) is 0.689. The van der Waals surface area contributed by atoms with Crippen molar-refractivity contribution in [2.24, 2.45) is 0 Å². The lowest BCUT2D eigenvalue weighted by molar-refractivity contribution is 0.257. The number of nitrogens with one attached hydrogen (secondary N) is 1. The third-order valence-electron chi connectivity index (χ3n) is 3.21. The molecule has 0 aliphatic carbocycles. The first-order valence-corrected chi connectivity index (χ1v) is 6.97. The predicted octanol–water partition coefficient (Wildman–Crippen LogP) is 0.191. The van der Waals surface area contributed by atoms with Crippen LogP contribution in [0.5, 0.6) is 0 Å². The molecule has 1 N–H and O–H groups in total. The summed E-state index contributed by atoms with van der Waals surface area (Å²) in [7, 11) is -0.571. The average molecular weight is 216 g/mol. The van der Waals surface area contributed by atoms with E-state index in [1.165, 1.54) is 19.4 Å². The molecule has 2 aliphatic rings. The Balaban J connectivity index is 1.78. The van der Waals surface area contributed by atoms with Crippen molar-refractivity contribution in [3.8, 4) is 0 Å². The molecule has 0 aromatic carbocycles. The molecule has 2 rings (SSSR count). The zero-order valence-electron chi connectivity index (χ0n) is 8.87. The lowest BCUT2D eigenvalue weighted by atomic mass is 10.2. The fourth-order valence-corrected chi connectivity index (χ4v) is 3.57. The molecular weight excluding hydrogens is 196 g/mol. The highest BCUT2D eigenvalue weighted by molar-refractivity contribution is 7.85. The first-order valence-electron chi connectivity index (χ1n) is 5.58. The minimum absolute atomic E-state index is 0.366. The Hall–Kier alpha value is 0.0700. The van der Waals surface area contributed by atoms with Crippen LogP contribution in [0.15, 0.2) is 0 Å².